The fourth-order valence-electron chi connectivity index (χ4n) is 2.59. The number of thiophene rings is 1. The molecule has 0 saturated heterocycles. The van der Waals surface area contributed by atoms with E-state index in [0.717, 1.165) is 11.3 Å². The molecule has 1 aromatic carbocycles. The van der Waals surface area contributed by atoms with Crippen molar-refractivity contribution in [1.29, 1.82) is 0 Å². The quantitative estimate of drug-likeness (QED) is 0.514. The average Bonchev–Trinajstić information content (AvgIpc) is 3.32. The Morgan fingerprint density at radius 1 is 1.12 bits per heavy atom. The number of hydrogen-bond acceptors (Lipinski definition) is 4. The number of amides is 1. The van der Waals surface area contributed by atoms with E-state index in [-0.39, 0.29) is 11.7 Å². The van der Waals surface area contributed by atoms with E-state index in [4.69, 9.17) is 4.42 Å². The zero-order chi connectivity index (χ0) is 17.6. The number of rotatable bonds is 7. The van der Waals surface area contributed by atoms with Gasteiger partial charge in [0.15, 0.2) is 0 Å². The maximum absolute atomic E-state index is 13.2. The summed E-state index contributed by atoms with van der Waals surface area (Å²) in [7, 11) is 0. The van der Waals surface area contributed by atoms with Crippen LogP contribution in [-0.2, 0) is 4.79 Å². The number of ketones is 1. The molecule has 3 aromatic rings. The molecule has 25 heavy (non-hydrogen) atoms. The summed E-state index contributed by atoms with van der Waals surface area (Å²) in [6.45, 7) is 0.304. The first-order valence-electron chi connectivity index (χ1n) is 7.80. The molecule has 1 N–H and O–H groups in total. The molecule has 0 bridgehead atoms. The molecule has 4 nitrogen and oxygen atoms in total. The highest BCUT2D eigenvalue weighted by Gasteiger charge is 2.20. The average molecular weight is 357 g/mol. The van der Waals surface area contributed by atoms with Crippen LogP contribution in [0, 0.1) is 5.82 Å². The van der Waals surface area contributed by atoms with Crippen LogP contribution in [0.4, 0.5) is 4.39 Å². The van der Waals surface area contributed by atoms with Gasteiger partial charge in [-0.2, -0.15) is 0 Å². The van der Waals surface area contributed by atoms with Gasteiger partial charge in [-0.1, -0.05) is 18.2 Å². The number of benzene rings is 1. The van der Waals surface area contributed by atoms with E-state index in [2.05, 4.69) is 5.32 Å². The fraction of sp³-hybridized carbons (Fsp3) is 0.158. The van der Waals surface area contributed by atoms with Crippen LogP contribution >= 0.6 is 11.3 Å². The van der Waals surface area contributed by atoms with E-state index in [1.165, 1.54) is 23.5 Å². The Hall–Kier alpha value is -2.73. The van der Waals surface area contributed by atoms with E-state index in [1.54, 1.807) is 42.0 Å². The maximum Gasteiger partial charge on any atom is 0.293 e. The van der Waals surface area contributed by atoms with Gasteiger partial charge in [0.05, 0.1) is 11.1 Å². The predicted molar refractivity (Wildman–Crippen MR) is 93.2 cm³/mol. The monoisotopic (exact) mass is 357 g/mol. The van der Waals surface area contributed by atoms with Gasteiger partial charge in [0.2, 0.25) is 0 Å². The topological polar surface area (TPSA) is 59.3 Å². The molecule has 6 heteroatoms. The lowest BCUT2D eigenvalue weighted by Crippen LogP contribution is -2.32. The molecule has 2 aromatic heterocycles. The second kappa shape index (κ2) is 7.90. The van der Waals surface area contributed by atoms with E-state index in [1.807, 2.05) is 6.07 Å². The third kappa shape index (κ3) is 4.22. The highest BCUT2D eigenvalue weighted by molar-refractivity contribution is 7.13. The van der Waals surface area contributed by atoms with Crippen molar-refractivity contribution in [2.75, 3.05) is 6.54 Å². The van der Waals surface area contributed by atoms with Crippen LogP contribution in [0.1, 0.15) is 33.3 Å². The number of halogens is 1. The molecule has 0 fully saturated rings. The van der Waals surface area contributed by atoms with Crippen molar-refractivity contribution in [3.8, 4) is 0 Å². The van der Waals surface area contributed by atoms with Crippen molar-refractivity contribution in [2.45, 2.75) is 12.3 Å². The van der Waals surface area contributed by atoms with Crippen LogP contribution in [0.5, 0.6) is 0 Å². The first kappa shape index (κ1) is 17.1. The summed E-state index contributed by atoms with van der Waals surface area (Å²) in [6.07, 6.45) is 2.10. The number of furan rings is 1. The molecule has 0 saturated carbocycles. The molecule has 1 atom stereocenters. The fourth-order valence-corrected chi connectivity index (χ4v) is 3.25. The van der Waals surface area contributed by atoms with Crippen LogP contribution in [-0.4, -0.2) is 18.2 Å². The maximum atomic E-state index is 13.2. The molecule has 1 unspecified atom stereocenters. The summed E-state index contributed by atoms with van der Waals surface area (Å²) in [4.78, 5) is 24.3. The van der Waals surface area contributed by atoms with Gasteiger partial charge in [-0.05, 0) is 47.7 Å². The van der Waals surface area contributed by atoms with Crippen molar-refractivity contribution in [3.63, 3.8) is 0 Å². The Kier molecular flexibility index (Phi) is 5.40. The number of carbonyl (C=O) groups is 2. The highest BCUT2D eigenvalue weighted by atomic mass is 32.1. The summed E-state index contributed by atoms with van der Waals surface area (Å²) >= 11 is 1.23. The lowest BCUT2D eigenvalue weighted by molar-refractivity contribution is -0.117. The molecule has 3 rings (SSSR count). The second-order valence-electron chi connectivity index (χ2n) is 5.47. The number of nitrogens with one attached hydrogen (secondary N) is 1. The standard InChI is InChI=1S/C19H16FNO3S/c20-14-7-5-13(6-8-14)15(16-3-1-11-24-16)9-10-21-19(23)18(22)17-4-2-12-25-17/h1-8,11-12,15H,9-10H2,(H,21,23). The third-order valence-corrected chi connectivity index (χ3v) is 4.70. The molecule has 0 spiro atoms. The van der Waals surface area contributed by atoms with Gasteiger partial charge in [-0.25, -0.2) is 4.39 Å². The van der Waals surface area contributed by atoms with Gasteiger partial charge in [-0.15, -0.1) is 11.3 Å². The largest absolute Gasteiger partial charge is 0.469 e. The van der Waals surface area contributed by atoms with Gasteiger partial charge >= 0.3 is 0 Å². The molecule has 0 aliphatic rings. The molecule has 2 heterocycles. The Labute approximate surface area is 148 Å². The van der Waals surface area contributed by atoms with E-state index in [9.17, 15) is 14.0 Å². The predicted octanol–water partition coefficient (Wildman–Crippen LogP) is 4.00. The van der Waals surface area contributed by atoms with Crippen molar-refractivity contribution < 1.29 is 18.4 Å². The van der Waals surface area contributed by atoms with Gasteiger partial charge < -0.3 is 9.73 Å². The SMILES string of the molecule is O=C(NCCC(c1ccc(F)cc1)c1ccco1)C(=O)c1cccs1. The third-order valence-electron chi connectivity index (χ3n) is 3.83. The van der Waals surface area contributed by atoms with E-state index < -0.39 is 11.7 Å². The van der Waals surface area contributed by atoms with E-state index >= 15 is 0 Å². The summed E-state index contributed by atoms with van der Waals surface area (Å²) in [5.74, 6) is -0.874. The summed E-state index contributed by atoms with van der Waals surface area (Å²) in [5, 5.41) is 4.40. The number of hydrogen-bond donors (Lipinski definition) is 1. The highest BCUT2D eigenvalue weighted by Crippen LogP contribution is 2.28. The van der Waals surface area contributed by atoms with Gasteiger partial charge in [0, 0.05) is 12.5 Å². The summed E-state index contributed by atoms with van der Waals surface area (Å²) in [5.41, 5.74) is 0.884. The number of Topliss-reactive ketones (excluding diaryl/α,β-unsaturated/α-hetero) is 1. The van der Waals surface area contributed by atoms with Gasteiger partial charge in [0.1, 0.15) is 11.6 Å². The smallest absolute Gasteiger partial charge is 0.293 e. The lowest BCUT2D eigenvalue weighted by Gasteiger charge is -2.15. The van der Waals surface area contributed by atoms with Crippen molar-refractivity contribution in [2.24, 2.45) is 0 Å². The Bertz CT molecular complexity index is 826. The second-order valence-corrected chi connectivity index (χ2v) is 6.42. The van der Waals surface area contributed by atoms with Crippen LogP contribution in [0.3, 0.4) is 0 Å². The molecular formula is C19H16FNO3S. The first-order valence-corrected chi connectivity index (χ1v) is 8.68. The van der Waals surface area contributed by atoms with Crippen LogP contribution in [0.15, 0.2) is 64.6 Å². The first-order chi connectivity index (χ1) is 12.1. The molecule has 0 aliphatic heterocycles. The minimum Gasteiger partial charge on any atom is -0.469 e. The van der Waals surface area contributed by atoms with E-state index in [0.29, 0.717) is 17.8 Å². The molecule has 0 aliphatic carbocycles. The normalized spacial score (nSPS) is 11.9. The minimum atomic E-state index is -0.625. The zero-order valence-corrected chi connectivity index (χ0v) is 14.1. The molecule has 0 radical (unpaired) electrons. The van der Waals surface area contributed by atoms with Crippen molar-refractivity contribution in [1.82, 2.24) is 5.32 Å². The lowest BCUT2D eigenvalue weighted by atomic mass is 9.93. The van der Waals surface area contributed by atoms with Gasteiger partial charge in [-0.3, -0.25) is 9.59 Å². The zero-order valence-electron chi connectivity index (χ0n) is 13.3. The summed E-state index contributed by atoms with van der Waals surface area (Å²) in [6, 6.07) is 13.2. The van der Waals surface area contributed by atoms with Crippen LogP contribution in [0.25, 0.3) is 0 Å². The number of carbonyl (C=O) groups excluding carboxylic acids is 2. The Balaban J connectivity index is 1.64. The van der Waals surface area contributed by atoms with Crippen LogP contribution in [0.2, 0.25) is 0 Å². The van der Waals surface area contributed by atoms with Crippen molar-refractivity contribution in [3.05, 3.63) is 82.2 Å². The Morgan fingerprint density at radius 2 is 1.92 bits per heavy atom. The summed E-state index contributed by atoms with van der Waals surface area (Å²) < 4.78 is 18.6. The molecular weight excluding hydrogens is 341 g/mol. The van der Waals surface area contributed by atoms with Gasteiger partial charge in [0.25, 0.3) is 11.7 Å². The van der Waals surface area contributed by atoms with Crippen LogP contribution < -0.4 is 5.32 Å². The Morgan fingerprint density at radius 3 is 2.56 bits per heavy atom. The minimum absolute atomic E-state index is 0.132. The molecule has 1 amide bonds. The molecule has 128 valence electrons. The van der Waals surface area contributed by atoms with Crippen molar-refractivity contribution >= 4 is 23.0 Å².